The fourth-order valence-electron chi connectivity index (χ4n) is 2.09. The number of benzene rings is 1. The number of amidine groups is 1. The van der Waals surface area contributed by atoms with Crippen LogP contribution in [-0.4, -0.2) is 43.0 Å². The zero-order valence-electron chi connectivity index (χ0n) is 10.2. The average molecular weight is 263 g/mol. The highest BCUT2D eigenvalue weighted by atomic mass is 32.2. The summed E-state index contributed by atoms with van der Waals surface area (Å²) in [4.78, 5) is 4.57. The quantitative estimate of drug-likeness (QED) is 0.880. The van der Waals surface area contributed by atoms with Crippen LogP contribution >= 0.6 is 11.8 Å². The summed E-state index contributed by atoms with van der Waals surface area (Å²) in [7, 11) is 0. The zero-order chi connectivity index (χ0) is 12.2. The molecule has 18 heavy (non-hydrogen) atoms. The van der Waals surface area contributed by atoms with Gasteiger partial charge in [0.25, 0.3) is 0 Å². The molecular weight excluding hydrogens is 246 g/mol. The molecule has 0 saturated carbocycles. The van der Waals surface area contributed by atoms with Gasteiger partial charge < -0.3 is 4.74 Å². The van der Waals surface area contributed by atoms with E-state index in [0.717, 1.165) is 38.0 Å². The topological polar surface area (TPSA) is 36.9 Å². The summed E-state index contributed by atoms with van der Waals surface area (Å²) >= 11 is 1.81. The SMILES string of the molecule is c1ccc(C2CN=C(NN3CCOCC3)S2)cc1. The van der Waals surface area contributed by atoms with E-state index in [9.17, 15) is 0 Å². The van der Waals surface area contributed by atoms with Gasteiger partial charge in [0.15, 0.2) is 5.17 Å². The first-order valence-corrected chi connectivity index (χ1v) is 7.15. The van der Waals surface area contributed by atoms with E-state index >= 15 is 0 Å². The van der Waals surface area contributed by atoms with Crippen molar-refractivity contribution in [1.29, 1.82) is 0 Å². The van der Waals surface area contributed by atoms with E-state index in [1.165, 1.54) is 5.56 Å². The van der Waals surface area contributed by atoms with Gasteiger partial charge in [0, 0.05) is 13.1 Å². The van der Waals surface area contributed by atoms with Gasteiger partial charge in [-0.3, -0.25) is 10.4 Å². The van der Waals surface area contributed by atoms with Crippen LogP contribution in [0.4, 0.5) is 0 Å². The molecule has 1 aromatic carbocycles. The highest BCUT2D eigenvalue weighted by Gasteiger charge is 2.22. The molecule has 0 aliphatic carbocycles. The predicted octanol–water partition coefficient (Wildman–Crippen LogP) is 1.67. The number of thioether (sulfide) groups is 1. The molecule has 2 aliphatic heterocycles. The van der Waals surface area contributed by atoms with Crippen molar-refractivity contribution in [3.05, 3.63) is 35.9 Å². The van der Waals surface area contributed by atoms with Crippen LogP contribution in [0.2, 0.25) is 0 Å². The van der Waals surface area contributed by atoms with E-state index in [0.29, 0.717) is 5.25 Å². The third-order valence-electron chi connectivity index (χ3n) is 3.09. The molecule has 1 saturated heterocycles. The van der Waals surface area contributed by atoms with Gasteiger partial charge in [-0.2, -0.15) is 0 Å². The Balaban J connectivity index is 1.54. The molecule has 0 radical (unpaired) electrons. The van der Waals surface area contributed by atoms with Gasteiger partial charge in [0.05, 0.1) is 25.0 Å². The number of nitrogens with one attached hydrogen (secondary N) is 1. The Kier molecular flexibility index (Phi) is 3.83. The molecule has 0 spiro atoms. The second-order valence-corrected chi connectivity index (χ2v) is 5.57. The van der Waals surface area contributed by atoms with Crippen molar-refractivity contribution in [2.24, 2.45) is 4.99 Å². The molecule has 5 heteroatoms. The maximum atomic E-state index is 5.33. The third kappa shape index (κ3) is 2.85. The molecule has 0 bridgehead atoms. The van der Waals surface area contributed by atoms with Crippen molar-refractivity contribution in [3.8, 4) is 0 Å². The Morgan fingerprint density at radius 1 is 1.22 bits per heavy atom. The summed E-state index contributed by atoms with van der Waals surface area (Å²) in [6.07, 6.45) is 0. The van der Waals surface area contributed by atoms with Gasteiger partial charge in [0.2, 0.25) is 0 Å². The van der Waals surface area contributed by atoms with Crippen LogP contribution in [0.25, 0.3) is 0 Å². The molecule has 4 nitrogen and oxygen atoms in total. The maximum absolute atomic E-state index is 5.33. The molecule has 1 atom stereocenters. The van der Waals surface area contributed by atoms with E-state index in [1.54, 1.807) is 0 Å². The highest BCUT2D eigenvalue weighted by Crippen LogP contribution is 2.34. The van der Waals surface area contributed by atoms with Crippen molar-refractivity contribution >= 4 is 16.9 Å². The van der Waals surface area contributed by atoms with Crippen LogP contribution < -0.4 is 5.43 Å². The van der Waals surface area contributed by atoms with E-state index < -0.39 is 0 Å². The van der Waals surface area contributed by atoms with Crippen molar-refractivity contribution in [3.63, 3.8) is 0 Å². The normalized spacial score (nSPS) is 24.9. The largest absolute Gasteiger partial charge is 0.379 e. The summed E-state index contributed by atoms with van der Waals surface area (Å²) < 4.78 is 5.33. The lowest BCUT2D eigenvalue weighted by atomic mass is 10.1. The van der Waals surface area contributed by atoms with Crippen LogP contribution in [0.5, 0.6) is 0 Å². The molecule has 3 rings (SSSR count). The molecule has 2 aliphatic rings. The Labute approximate surface area is 111 Å². The van der Waals surface area contributed by atoms with Crippen LogP contribution in [0.15, 0.2) is 35.3 Å². The smallest absolute Gasteiger partial charge is 0.171 e. The van der Waals surface area contributed by atoms with E-state index in [-0.39, 0.29) is 0 Å². The molecule has 1 fully saturated rings. The first-order chi connectivity index (χ1) is 8.92. The molecule has 96 valence electrons. The molecule has 1 N–H and O–H groups in total. The lowest BCUT2D eigenvalue weighted by Crippen LogP contribution is -2.47. The number of ether oxygens (including phenoxy) is 1. The van der Waals surface area contributed by atoms with Gasteiger partial charge in [-0.25, -0.2) is 5.01 Å². The molecule has 1 aromatic rings. The summed E-state index contributed by atoms with van der Waals surface area (Å²) in [5.41, 5.74) is 4.74. The molecule has 0 aromatic heterocycles. The summed E-state index contributed by atoms with van der Waals surface area (Å²) in [6.45, 7) is 4.31. The molecule has 2 heterocycles. The fourth-order valence-corrected chi connectivity index (χ4v) is 3.13. The highest BCUT2D eigenvalue weighted by molar-refractivity contribution is 8.14. The van der Waals surface area contributed by atoms with Crippen LogP contribution in [0.3, 0.4) is 0 Å². The maximum Gasteiger partial charge on any atom is 0.171 e. The predicted molar refractivity (Wildman–Crippen MR) is 74.6 cm³/mol. The van der Waals surface area contributed by atoms with E-state index in [1.807, 2.05) is 11.8 Å². The first kappa shape index (κ1) is 12.0. The van der Waals surface area contributed by atoms with Gasteiger partial charge in [0.1, 0.15) is 0 Å². The summed E-state index contributed by atoms with van der Waals surface area (Å²) in [5.74, 6) is 0. The molecule has 1 unspecified atom stereocenters. The van der Waals surface area contributed by atoms with Crippen LogP contribution in [0.1, 0.15) is 10.8 Å². The lowest BCUT2D eigenvalue weighted by Gasteiger charge is -2.27. The van der Waals surface area contributed by atoms with Crippen molar-refractivity contribution in [2.75, 3.05) is 32.8 Å². The summed E-state index contributed by atoms with van der Waals surface area (Å²) in [5, 5.41) is 3.67. The third-order valence-corrected chi connectivity index (χ3v) is 4.24. The average Bonchev–Trinajstić information content (AvgIpc) is 2.89. The standard InChI is InChI=1S/C13H17N3OS/c1-2-4-11(5-3-1)12-10-14-13(18-12)15-16-6-8-17-9-7-16/h1-5,12H,6-10H2,(H,14,15). The lowest BCUT2D eigenvalue weighted by molar-refractivity contribution is 0.0254. The van der Waals surface area contributed by atoms with Gasteiger partial charge in [-0.05, 0) is 5.56 Å². The minimum Gasteiger partial charge on any atom is -0.379 e. The number of rotatable bonds is 2. The van der Waals surface area contributed by atoms with Crippen molar-refractivity contribution < 1.29 is 4.74 Å². The minimum atomic E-state index is 0.453. The Morgan fingerprint density at radius 3 is 2.78 bits per heavy atom. The Bertz CT molecular complexity index is 418. The Morgan fingerprint density at radius 2 is 2.00 bits per heavy atom. The van der Waals surface area contributed by atoms with Crippen LogP contribution in [-0.2, 0) is 4.74 Å². The molecular formula is C13H17N3OS. The van der Waals surface area contributed by atoms with Gasteiger partial charge >= 0.3 is 0 Å². The monoisotopic (exact) mass is 263 g/mol. The van der Waals surface area contributed by atoms with Crippen molar-refractivity contribution in [2.45, 2.75) is 5.25 Å². The van der Waals surface area contributed by atoms with Gasteiger partial charge in [-0.15, -0.1) is 0 Å². The zero-order valence-corrected chi connectivity index (χ0v) is 11.0. The van der Waals surface area contributed by atoms with E-state index in [4.69, 9.17) is 4.74 Å². The Hall–Kier alpha value is -1.04. The minimum absolute atomic E-state index is 0.453. The second kappa shape index (κ2) is 5.73. The number of aliphatic imine (C=N–C) groups is 1. The summed E-state index contributed by atoms with van der Waals surface area (Å²) in [6, 6.07) is 10.6. The second-order valence-electron chi connectivity index (χ2n) is 4.37. The number of morpholine rings is 1. The van der Waals surface area contributed by atoms with E-state index in [2.05, 4.69) is 45.8 Å². The number of nitrogens with zero attached hydrogens (tertiary/aromatic N) is 2. The first-order valence-electron chi connectivity index (χ1n) is 6.27. The fraction of sp³-hybridized carbons (Fsp3) is 0.462. The number of hydrogen-bond acceptors (Lipinski definition) is 5. The van der Waals surface area contributed by atoms with Crippen LogP contribution in [0, 0.1) is 0 Å². The van der Waals surface area contributed by atoms with Crippen molar-refractivity contribution in [1.82, 2.24) is 10.4 Å². The number of hydrogen-bond donors (Lipinski definition) is 1. The van der Waals surface area contributed by atoms with Gasteiger partial charge in [-0.1, -0.05) is 42.1 Å². The molecule has 0 amide bonds. The number of hydrazine groups is 1.